The Morgan fingerprint density at radius 3 is 2.82 bits per heavy atom. The van der Waals surface area contributed by atoms with Crippen molar-refractivity contribution in [1.29, 1.82) is 0 Å². The molecule has 1 saturated heterocycles. The van der Waals surface area contributed by atoms with E-state index in [2.05, 4.69) is 4.98 Å². The van der Waals surface area contributed by atoms with Crippen LogP contribution in [0.5, 0.6) is 0 Å². The molecule has 1 aliphatic rings. The van der Waals surface area contributed by atoms with Gasteiger partial charge in [0.05, 0.1) is 29.3 Å². The second kappa shape index (κ2) is 4.44. The van der Waals surface area contributed by atoms with Gasteiger partial charge in [-0.15, -0.1) is 0 Å². The van der Waals surface area contributed by atoms with Crippen LogP contribution in [-0.4, -0.2) is 39.6 Å². The Kier molecular flexibility index (Phi) is 3.30. The van der Waals surface area contributed by atoms with Crippen LogP contribution in [0.2, 0.25) is 10.2 Å². The summed E-state index contributed by atoms with van der Waals surface area (Å²) < 4.78 is 0. The van der Waals surface area contributed by atoms with Gasteiger partial charge in [-0.25, -0.2) is 4.98 Å². The Labute approximate surface area is 109 Å². The summed E-state index contributed by atoms with van der Waals surface area (Å²) in [5.74, 6) is -0.225. The number of likely N-dealkylation sites (tertiary alicyclic amines) is 1. The van der Waals surface area contributed by atoms with E-state index in [-0.39, 0.29) is 16.1 Å². The largest absolute Gasteiger partial charge is 0.386 e. The molecule has 17 heavy (non-hydrogen) atoms. The predicted molar refractivity (Wildman–Crippen MR) is 65.4 cm³/mol. The Balaban J connectivity index is 2.14. The summed E-state index contributed by atoms with van der Waals surface area (Å²) in [7, 11) is 0. The van der Waals surface area contributed by atoms with E-state index in [1.807, 2.05) is 6.92 Å². The van der Waals surface area contributed by atoms with E-state index in [0.717, 1.165) is 0 Å². The molecule has 0 spiro atoms. The van der Waals surface area contributed by atoms with Gasteiger partial charge in [-0.2, -0.15) is 0 Å². The first-order chi connectivity index (χ1) is 7.95. The second-order valence-electron chi connectivity index (χ2n) is 4.23. The number of carbonyl (C=O) groups is 1. The summed E-state index contributed by atoms with van der Waals surface area (Å²) in [5, 5.41) is 10.3. The third-order valence-corrected chi connectivity index (χ3v) is 3.48. The zero-order chi connectivity index (χ0) is 12.6. The molecule has 1 N–H and O–H groups in total. The first-order valence-electron chi connectivity index (χ1n) is 5.28. The number of aliphatic hydroxyl groups is 1. The van der Waals surface area contributed by atoms with E-state index in [4.69, 9.17) is 23.2 Å². The summed E-state index contributed by atoms with van der Waals surface area (Å²) >= 11 is 11.6. The topological polar surface area (TPSA) is 53.4 Å². The molecule has 0 aliphatic carbocycles. The monoisotopic (exact) mass is 274 g/mol. The number of halogens is 2. The summed E-state index contributed by atoms with van der Waals surface area (Å²) in [6.45, 7) is 2.55. The zero-order valence-electron chi connectivity index (χ0n) is 9.28. The maximum Gasteiger partial charge on any atom is 0.255 e. The van der Waals surface area contributed by atoms with Crippen LogP contribution in [0.25, 0.3) is 0 Å². The molecule has 92 valence electrons. The quantitative estimate of drug-likeness (QED) is 0.840. The van der Waals surface area contributed by atoms with E-state index in [1.165, 1.54) is 12.3 Å². The number of rotatable bonds is 2. The van der Waals surface area contributed by atoms with Gasteiger partial charge in [-0.3, -0.25) is 4.79 Å². The number of amides is 1. The van der Waals surface area contributed by atoms with Crippen molar-refractivity contribution in [3.8, 4) is 0 Å². The Bertz CT molecular complexity index is 459. The highest BCUT2D eigenvalue weighted by atomic mass is 35.5. The molecule has 2 heterocycles. The van der Waals surface area contributed by atoms with Crippen molar-refractivity contribution >= 4 is 29.1 Å². The summed E-state index contributed by atoms with van der Waals surface area (Å²) in [4.78, 5) is 17.4. The highest BCUT2D eigenvalue weighted by molar-refractivity contribution is 6.35. The van der Waals surface area contributed by atoms with Crippen LogP contribution in [-0.2, 0) is 0 Å². The van der Waals surface area contributed by atoms with Gasteiger partial charge in [-0.1, -0.05) is 30.1 Å². The third-order valence-electron chi connectivity index (χ3n) is 2.97. The number of β-amino-alcohol motifs (C(OH)–C–C–N with tert-alkyl or cyclic N) is 1. The lowest BCUT2D eigenvalue weighted by molar-refractivity contribution is -0.0826. The molecule has 1 fully saturated rings. The fourth-order valence-electron chi connectivity index (χ4n) is 1.78. The fraction of sp³-hybridized carbons (Fsp3) is 0.455. The maximum absolute atomic E-state index is 12.0. The number of hydrogen-bond acceptors (Lipinski definition) is 3. The molecule has 0 atom stereocenters. The molecular weight excluding hydrogens is 263 g/mol. The van der Waals surface area contributed by atoms with Crippen molar-refractivity contribution < 1.29 is 9.90 Å². The fourth-order valence-corrected chi connectivity index (χ4v) is 2.12. The van der Waals surface area contributed by atoms with Crippen molar-refractivity contribution in [3.05, 3.63) is 28.0 Å². The molecule has 4 nitrogen and oxygen atoms in total. The standard InChI is InChI=1S/C11H12Cl2N2O2/c1-2-11(17)5-15(6-11)10(16)7-3-9(13)14-4-8(7)12/h3-4,17H,2,5-6H2,1H3. The molecule has 1 aliphatic heterocycles. The molecule has 2 rings (SSSR count). The molecule has 0 unspecified atom stereocenters. The van der Waals surface area contributed by atoms with Crippen molar-refractivity contribution in [2.45, 2.75) is 18.9 Å². The average Bonchev–Trinajstić information content (AvgIpc) is 2.27. The molecule has 0 saturated carbocycles. The van der Waals surface area contributed by atoms with Gasteiger partial charge >= 0.3 is 0 Å². The summed E-state index contributed by atoms with van der Waals surface area (Å²) in [6.07, 6.45) is 1.98. The van der Waals surface area contributed by atoms with Crippen molar-refractivity contribution in [1.82, 2.24) is 9.88 Å². The third kappa shape index (κ3) is 2.39. The number of pyridine rings is 1. The minimum absolute atomic E-state index is 0.225. The van der Waals surface area contributed by atoms with Gasteiger partial charge in [-0.05, 0) is 12.5 Å². The minimum Gasteiger partial charge on any atom is -0.386 e. The predicted octanol–water partition coefficient (Wildman–Crippen LogP) is 1.99. The Morgan fingerprint density at radius 1 is 1.59 bits per heavy atom. The number of nitrogens with zero attached hydrogens (tertiary/aromatic N) is 2. The SMILES string of the molecule is CCC1(O)CN(C(=O)c2cc(Cl)ncc2Cl)C1. The molecule has 0 aromatic carbocycles. The Morgan fingerprint density at radius 2 is 2.24 bits per heavy atom. The first kappa shape index (κ1) is 12.6. The molecule has 1 amide bonds. The lowest BCUT2D eigenvalue weighted by Gasteiger charge is -2.46. The minimum atomic E-state index is -0.751. The lowest BCUT2D eigenvalue weighted by Crippen LogP contribution is -2.63. The first-order valence-corrected chi connectivity index (χ1v) is 6.03. The van der Waals surface area contributed by atoms with Gasteiger partial charge in [0.2, 0.25) is 0 Å². The highest BCUT2D eigenvalue weighted by Crippen LogP contribution is 2.28. The average molecular weight is 275 g/mol. The zero-order valence-corrected chi connectivity index (χ0v) is 10.8. The number of carbonyl (C=O) groups excluding carboxylic acids is 1. The molecular formula is C11H12Cl2N2O2. The van der Waals surface area contributed by atoms with Crippen LogP contribution in [0.15, 0.2) is 12.3 Å². The van der Waals surface area contributed by atoms with Gasteiger partial charge < -0.3 is 10.0 Å². The molecule has 0 radical (unpaired) electrons. The normalized spacial score (nSPS) is 17.8. The van der Waals surface area contributed by atoms with Crippen molar-refractivity contribution in [2.75, 3.05) is 13.1 Å². The van der Waals surface area contributed by atoms with Crippen molar-refractivity contribution in [3.63, 3.8) is 0 Å². The van der Waals surface area contributed by atoms with E-state index >= 15 is 0 Å². The van der Waals surface area contributed by atoms with E-state index in [1.54, 1.807) is 4.90 Å². The van der Waals surface area contributed by atoms with Gasteiger partial charge in [0, 0.05) is 6.20 Å². The molecule has 1 aromatic rings. The van der Waals surface area contributed by atoms with Gasteiger partial charge in [0.25, 0.3) is 5.91 Å². The smallest absolute Gasteiger partial charge is 0.255 e. The molecule has 1 aromatic heterocycles. The molecule has 0 bridgehead atoms. The van der Waals surface area contributed by atoms with E-state index < -0.39 is 5.60 Å². The second-order valence-corrected chi connectivity index (χ2v) is 5.02. The van der Waals surface area contributed by atoms with E-state index in [9.17, 15) is 9.90 Å². The summed E-state index contributed by atoms with van der Waals surface area (Å²) in [6, 6.07) is 1.44. The van der Waals surface area contributed by atoms with E-state index in [0.29, 0.717) is 25.1 Å². The lowest BCUT2D eigenvalue weighted by atomic mass is 9.91. The molecule has 6 heteroatoms. The highest BCUT2D eigenvalue weighted by Gasteiger charge is 2.42. The summed E-state index contributed by atoms with van der Waals surface area (Å²) in [5.41, 5.74) is -0.427. The van der Waals surface area contributed by atoms with Crippen LogP contribution >= 0.6 is 23.2 Å². The van der Waals surface area contributed by atoms with Crippen LogP contribution in [0.4, 0.5) is 0 Å². The maximum atomic E-state index is 12.0. The Hall–Kier alpha value is -0.840. The van der Waals surface area contributed by atoms with Gasteiger partial charge in [0.15, 0.2) is 0 Å². The van der Waals surface area contributed by atoms with Crippen molar-refractivity contribution in [2.24, 2.45) is 0 Å². The van der Waals surface area contributed by atoms with Crippen LogP contribution in [0, 0.1) is 0 Å². The van der Waals surface area contributed by atoms with Crippen LogP contribution < -0.4 is 0 Å². The number of hydrogen-bond donors (Lipinski definition) is 1. The van der Waals surface area contributed by atoms with Crippen LogP contribution in [0.3, 0.4) is 0 Å². The van der Waals surface area contributed by atoms with Gasteiger partial charge in [0.1, 0.15) is 5.15 Å². The number of aromatic nitrogens is 1. The van der Waals surface area contributed by atoms with Crippen LogP contribution in [0.1, 0.15) is 23.7 Å².